The number of likely N-dealkylation sites (tertiary alicyclic amines) is 1. The van der Waals surface area contributed by atoms with Crippen molar-refractivity contribution in [2.75, 3.05) is 26.7 Å². The zero-order chi connectivity index (χ0) is 17.5. The molecule has 2 fully saturated rings. The first-order chi connectivity index (χ1) is 11.3. The molecule has 0 unspecified atom stereocenters. The maximum atomic E-state index is 13.1. The minimum atomic E-state index is -4.59. The van der Waals surface area contributed by atoms with Crippen LogP contribution in [0.5, 0.6) is 0 Å². The molecule has 3 rings (SSSR count). The fraction of sp³-hybridized carbons (Fsp3) is 0.500. The number of hydrogen-bond donors (Lipinski definition) is 0. The molecule has 1 aromatic rings. The molecule has 2 aliphatic heterocycles. The van der Waals surface area contributed by atoms with Crippen LogP contribution >= 0.6 is 0 Å². The van der Waals surface area contributed by atoms with Crippen LogP contribution in [0.4, 0.5) is 13.2 Å². The number of rotatable bonds is 1. The second-order valence-corrected chi connectivity index (χ2v) is 6.00. The Balaban J connectivity index is 1.83. The van der Waals surface area contributed by atoms with Crippen LogP contribution in [0.3, 0.4) is 0 Å². The molecule has 1 aromatic carbocycles. The van der Waals surface area contributed by atoms with E-state index < -0.39 is 17.6 Å². The summed E-state index contributed by atoms with van der Waals surface area (Å²) in [5.41, 5.74) is -1.31. The number of hydrogen-bond acceptors (Lipinski definition) is 3. The number of carbonyl (C=O) groups is 2. The number of carbonyl (C=O) groups excluding carboxylic acids is 2. The third-order valence-corrected chi connectivity index (χ3v) is 4.58. The number of fused-ring (bicyclic) bond motifs is 1. The molecule has 2 atom stereocenters. The molecular formula is C16H17F3N2O3. The smallest absolute Gasteiger partial charge is 0.366 e. The number of piperidine rings is 1. The van der Waals surface area contributed by atoms with Gasteiger partial charge in [-0.25, -0.2) is 0 Å². The van der Waals surface area contributed by atoms with Crippen LogP contribution < -0.4 is 0 Å². The highest BCUT2D eigenvalue weighted by molar-refractivity contribution is 5.96. The van der Waals surface area contributed by atoms with Gasteiger partial charge >= 0.3 is 6.18 Å². The molecule has 24 heavy (non-hydrogen) atoms. The molecule has 0 spiro atoms. The van der Waals surface area contributed by atoms with E-state index in [-0.39, 0.29) is 36.8 Å². The molecule has 0 aromatic heterocycles. The van der Waals surface area contributed by atoms with Crippen molar-refractivity contribution in [2.45, 2.75) is 24.7 Å². The third kappa shape index (κ3) is 2.98. The third-order valence-electron chi connectivity index (χ3n) is 4.58. The second kappa shape index (κ2) is 6.08. The van der Waals surface area contributed by atoms with Crippen LogP contribution in [-0.2, 0) is 15.7 Å². The maximum Gasteiger partial charge on any atom is 0.417 e. The van der Waals surface area contributed by atoms with Crippen LogP contribution in [0.1, 0.15) is 22.3 Å². The Kier molecular flexibility index (Phi) is 4.25. The Morgan fingerprint density at radius 3 is 2.71 bits per heavy atom. The predicted molar refractivity (Wildman–Crippen MR) is 78.3 cm³/mol. The lowest BCUT2D eigenvalue weighted by Crippen LogP contribution is -2.61. The monoisotopic (exact) mass is 342 g/mol. The molecule has 130 valence electrons. The first kappa shape index (κ1) is 16.8. The summed E-state index contributed by atoms with van der Waals surface area (Å²) in [6.45, 7) is 0.467. The van der Waals surface area contributed by atoms with Crippen LogP contribution in [-0.4, -0.2) is 60.5 Å². The summed E-state index contributed by atoms with van der Waals surface area (Å²) in [5.74, 6) is -0.867. The molecule has 0 aliphatic carbocycles. The first-order valence-corrected chi connectivity index (χ1v) is 7.62. The quantitative estimate of drug-likeness (QED) is 0.782. The number of nitrogens with zero attached hydrogens (tertiary/aromatic N) is 2. The summed E-state index contributed by atoms with van der Waals surface area (Å²) >= 11 is 0. The SMILES string of the molecule is CN1C(=O)CO[C@@H]2CCN(C(=O)c3ccccc3C(F)(F)F)C[C@@H]21. The topological polar surface area (TPSA) is 49.9 Å². The minimum absolute atomic E-state index is 0.00250. The van der Waals surface area contributed by atoms with Gasteiger partial charge in [0.2, 0.25) is 5.91 Å². The molecule has 8 heteroatoms. The Morgan fingerprint density at radius 2 is 2.00 bits per heavy atom. The van der Waals surface area contributed by atoms with Crippen molar-refractivity contribution >= 4 is 11.8 Å². The number of likely N-dealkylation sites (N-methyl/N-ethyl adjacent to an activating group) is 1. The van der Waals surface area contributed by atoms with Gasteiger partial charge < -0.3 is 14.5 Å². The van der Waals surface area contributed by atoms with Crippen LogP contribution in [0, 0.1) is 0 Å². The minimum Gasteiger partial charge on any atom is -0.366 e. The molecular weight excluding hydrogens is 325 g/mol. The van der Waals surface area contributed by atoms with Crippen molar-refractivity contribution in [1.82, 2.24) is 9.80 Å². The highest BCUT2D eigenvalue weighted by Crippen LogP contribution is 2.33. The van der Waals surface area contributed by atoms with Gasteiger partial charge in [0.25, 0.3) is 5.91 Å². The summed E-state index contributed by atoms with van der Waals surface area (Å²) in [6, 6.07) is 4.42. The van der Waals surface area contributed by atoms with Gasteiger partial charge in [0, 0.05) is 20.1 Å². The average molecular weight is 342 g/mol. The Bertz CT molecular complexity index is 662. The fourth-order valence-corrected chi connectivity index (χ4v) is 3.21. The molecule has 0 bridgehead atoms. The molecule has 0 saturated carbocycles. The lowest BCUT2D eigenvalue weighted by atomic mass is 9.97. The van der Waals surface area contributed by atoms with E-state index in [9.17, 15) is 22.8 Å². The number of amides is 2. The second-order valence-electron chi connectivity index (χ2n) is 6.00. The van der Waals surface area contributed by atoms with Gasteiger partial charge in [-0.05, 0) is 18.6 Å². The molecule has 2 heterocycles. The summed E-state index contributed by atoms with van der Waals surface area (Å²) in [7, 11) is 1.63. The number of ether oxygens (including phenoxy) is 1. The standard InChI is InChI=1S/C16H17F3N2O3/c1-20-12-8-21(7-6-13(12)24-9-14(20)22)15(23)10-4-2-3-5-11(10)16(17,18)19/h2-5,12-13H,6-9H2,1H3/t12-,13+/m0/s1. The van der Waals surface area contributed by atoms with E-state index in [4.69, 9.17) is 4.74 Å². The van der Waals surface area contributed by atoms with Crippen LogP contribution in [0.15, 0.2) is 24.3 Å². The van der Waals surface area contributed by atoms with Crippen molar-refractivity contribution < 1.29 is 27.5 Å². The average Bonchev–Trinajstić information content (AvgIpc) is 2.56. The molecule has 5 nitrogen and oxygen atoms in total. The highest BCUT2D eigenvalue weighted by Gasteiger charge is 2.41. The van der Waals surface area contributed by atoms with Gasteiger partial charge in [0.1, 0.15) is 6.61 Å². The first-order valence-electron chi connectivity index (χ1n) is 7.62. The molecule has 2 aliphatic rings. The number of halogens is 3. The van der Waals surface area contributed by atoms with E-state index >= 15 is 0 Å². The van der Waals surface area contributed by atoms with Gasteiger partial charge in [0.15, 0.2) is 0 Å². The van der Waals surface area contributed by atoms with Crippen molar-refractivity contribution in [3.05, 3.63) is 35.4 Å². The summed E-state index contributed by atoms with van der Waals surface area (Å²) < 4.78 is 44.8. The maximum absolute atomic E-state index is 13.1. The van der Waals surface area contributed by atoms with Crippen molar-refractivity contribution in [3.63, 3.8) is 0 Å². The van der Waals surface area contributed by atoms with Crippen LogP contribution in [0.2, 0.25) is 0 Å². The summed E-state index contributed by atoms with van der Waals surface area (Å²) in [5, 5.41) is 0. The zero-order valence-electron chi connectivity index (χ0n) is 13.0. The van der Waals surface area contributed by atoms with Crippen molar-refractivity contribution in [3.8, 4) is 0 Å². The van der Waals surface area contributed by atoms with E-state index in [2.05, 4.69) is 0 Å². The van der Waals surface area contributed by atoms with E-state index in [0.717, 1.165) is 6.07 Å². The number of morpholine rings is 1. The fourth-order valence-electron chi connectivity index (χ4n) is 3.21. The van der Waals surface area contributed by atoms with Gasteiger partial charge in [0.05, 0.1) is 23.3 Å². The van der Waals surface area contributed by atoms with Crippen molar-refractivity contribution in [2.24, 2.45) is 0 Å². The van der Waals surface area contributed by atoms with Gasteiger partial charge in [-0.2, -0.15) is 13.2 Å². The van der Waals surface area contributed by atoms with Crippen LogP contribution in [0.25, 0.3) is 0 Å². The Morgan fingerprint density at radius 1 is 1.29 bits per heavy atom. The Labute approximate surface area is 137 Å². The molecule has 2 saturated heterocycles. The Hall–Kier alpha value is -2.09. The van der Waals surface area contributed by atoms with Gasteiger partial charge in [-0.1, -0.05) is 12.1 Å². The normalized spacial score (nSPS) is 24.8. The number of benzene rings is 1. The van der Waals surface area contributed by atoms with E-state index in [0.29, 0.717) is 13.0 Å². The van der Waals surface area contributed by atoms with E-state index in [1.807, 2.05) is 0 Å². The van der Waals surface area contributed by atoms with Gasteiger partial charge in [-0.3, -0.25) is 9.59 Å². The molecule has 2 amide bonds. The highest BCUT2D eigenvalue weighted by atomic mass is 19.4. The zero-order valence-corrected chi connectivity index (χ0v) is 13.0. The number of alkyl halides is 3. The predicted octanol–water partition coefficient (Wildman–Crippen LogP) is 1.78. The van der Waals surface area contributed by atoms with E-state index in [1.165, 1.54) is 28.0 Å². The van der Waals surface area contributed by atoms with Crippen molar-refractivity contribution in [1.29, 1.82) is 0 Å². The van der Waals surface area contributed by atoms with Gasteiger partial charge in [-0.15, -0.1) is 0 Å². The summed E-state index contributed by atoms with van der Waals surface area (Å²) in [6.07, 6.45) is -4.29. The largest absolute Gasteiger partial charge is 0.417 e. The lowest BCUT2D eigenvalue weighted by Gasteiger charge is -2.45. The molecule has 0 radical (unpaired) electrons. The molecule has 0 N–H and O–H groups in total. The lowest BCUT2D eigenvalue weighted by molar-refractivity contribution is -0.159. The van der Waals surface area contributed by atoms with E-state index in [1.54, 1.807) is 7.05 Å². The summed E-state index contributed by atoms with van der Waals surface area (Å²) in [4.78, 5) is 27.2.